The molecule has 1 saturated heterocycles. The molecular weight excluding hydrogens is 455 g/mol. The number of anilines is 2. The number of nitrogens with one attached hydrogen (secondary N) is 1. The molecule has 180 valence electrons. The van der Waals surface area contributed by atoms with E-state index in [-0.39, 0.29) is 25.1 Å². The predicted molar refractivity (Wildman–Crippen MR) is 132 cm³/mol. The Kier molecular flexibility index (Phi) is 5.91. The van der Waals surface area contributed by atoms with Crippen molar-refractivity contribution in [3.05, 3.63) is 46.1 Å². The molecule has 3 atom stereocenters. The van der Waals surface area contributed by atoms with E-state index in [1.165, 1.54) is 18.4 Å². The first kappa shape index (κ1) is 22.9. The van der Waals surface area contributed by atoms with Crippen molar-refractivity contribution in [1.82, 2.24) is 15.3 Å². The predicted octanol–water partition coefficient (Wildman–Crippen LogP) is 2.37. The van der Waals surface area contributed by atoms with Gasteiger partial charge < -0.3 is 26.4 Å². The molecule has 0 bridgehead atoms. The number of nitrogen functional groups attached to an aromatic ring is 1. The fourth-order valence-electron chi connectivity index (χ4n) is 4.88. The van der Waals surface area contributed by atoms with Gasteiger partial charge in [-0.3, -0.25) is 4.79 Å². The SMILES string of the molecule is COCC1(F)CN(c2ccc3c(n2)CCC(NC(=O)c2sc4nc(C)ccc4c2N)C3)CC1N. The van der Waals surface area contributed by atoms with Gasteiger partial charge in [-0.1, -0.05) is 6.07 Å². The third-order valence-corrected chi connectivity index (χ3v) is 7.88. The van der Waals surface area contributed by atoms with Crippen LogP contribution in [0.2, 0.25) is 0 Å². The number of alkyl halides is 1. The van der Waals surface area contributed by atoms with Gasteiger partial charge >= 0.3 is 0 Å². The van der Waals surface area contributed by atoms with Crippen LogP contribution in [0, 0.1) is 6.92 Å². The van der Waals surface area contributed by atoms with E-state index in [4.69, 9.17) is 21.2 Å². The average molecular weight is 485 g/mol. The van der Waals surface area contributed by atoms with Gasteiger partial charge in [-0.15, -0.1) is 11.3 Å². The second kappa shape index (κ2) is 8.75. The van der Waals surface area contributed by atoms with Crippen LogP contribution in [0.5, 0.6) is 0 Å². The summed E-state index contributed by atoms with van der Waals surface area (Å²) in [6, 6.07) is 7.12. The smallest absolute Gasteiger partial charge is 0.263 e. The maximum atomic E-state index is 15.0. The molecule has 4 heterocycles. The topological polar surface area (TPSA) is 119 Å². The lowest BCUT2D eigenvalue weighted by molar-refractivity contribution is 0.0461. The number of aryl methyl sites for hydroxylation is 2. The van der Waals surface area contributed by atoms with E-state index in [1.54, 1.807) is 0 Å². The van der Waals surface area contributed by atoms with E-state index in [9.17, 15) is 4.79 Å². The van der Waals surface area contributed by atoms with Crippen LogP contribution in [-0.4, -0.2) is 60.4 Å². The zero-order valence-electron chi connectivity index (χ0n) is 19.3. The van der Waals surface area contributed by atoms with E-state index in [2.05, 4.69) is 10.3 Å². The summed E-state index contributed by atoms with van der Waals surface area (Å²) in [6.45, 7) is 2.45. The van der Waals surface area contributed by atoms with E-state index in [1.807, 2.05) is 36.1 Å². The number of nitrogens with zero attached hydrogens (tertiary/aromatic N) is 3. The molecule has 1 aliphatic carbocycles. The Morgan fingerprint density at radius 2 is 2.18 bits per heavy atom. The Morgan fingerprint density at radius 1 is 1.35 bits per heavy atom. The summed E-state index contributed by atoms with van der Waals surface area (Å²) >= 11 is 1.32. The number of amides is 1. The van der Waals surface area contributed by atoms with E-state index in [0.29, 0.717) is 23.5 Å². The lowest BCUT2D eigenvalue weighted by Crippen LogP contribution is -2.46. The van der Waals surface area contributed by atoms with Gasteiger partial charge in [-0.25, -0.2) is 14.4 Å². The van der Waals surface area contributed by atoms with Crippen molar-refractivity contribution in [1.29, 1.82) is 0 Å². The monoisotopic (exact) mass is 484 g/mol. The summed E-state index contributed by atoms with van der Waals surface area (Å²) in [5.74, 6) is 0.563. The second-order valence-corrected chi connectivity index (χ2v) is 10.3. The Bertz CT molecular complexity index is 1250. The van der Waals surface area contributed by atoms with Gasteiger partial charge in [0.15, 0.2) is 5.67 Å². The first-order chi connectivity index (χ1) is 16.3. The van der Waals surface area contributed by atoms with Crippen LogP contribution in [0.3, 0.4) is 0 Å². The zero-order chi connectivity index (χ0) is 24.0. The van der Waals surface area contributed by atoms with Crippen LogP contribution in [0.1, 0.15) is 33.0 Å². The minimum absolute atomic E-state index is 0.00707. The summed E-state index contributed by atoms with van der Waals surface area (Å²) in [5.41, 5.74) is 14.2. The molecule has 10 heteroatoms. The third-order valence-electron chi connectivity index (χ3n) is 6.77. The highest BCUT2D eigenvalue weighted by Gasteiger charge is 2.46. The Balaban J connectivity index is 1.27. The molecule has 3 aromatic heterocycles. The van der Waals surface area contributed by atoms with Crippen molar-refractivity contribution in [3.8, 4) is 0 Å². The summed E-state index contributed by atoms with van der Waals surface area (Å²) < 4.78 is 20.1. The molecule has 0 radical (unpaired) electrons. The van der Waals surface area contributed by atoms with Crippen molar-refractivity contribution < 1.29 is 13.9 Å². The zero-order valence-corrected chi connectivity index (χ0v) is 20.1. The first-order valence-corrected chi connectivity index (χ1v) is 12.2. The number of ether oxygens (including phenoxy) is 1. The molecule has 0 spiro atoms. The number of rotatable bonds is 5. The molecule has 3 aromatic rings. The number of carbonyl (C=O) groups is 1. The maximum absolute atomic E-state index is 15.0. The molecule has 1 aliphatic heterocycles. The number of thiophene rings is 1. The summed E-state index contributed by atoms with van der Waals surface area (Å²) in [4.78, 5) is 25.4. The van der Waals surface area contributed by atoms with Crippen LogP contribution < -0.4 is 21.7 Å². The van der Waals surface area contributed by atoms with E-state index in [0.717, 1.165) is 45.8 Å². The quantitative estimate of drug-likeness (QED) is 0.509. The van der Waals surface area contributed by atoms with Crippen LogP contribution in [0.25, 0.3) is 10.2 Å². The van der Waals surface area contributed by atoms with Crippen LogP contribution in [-0.2, 0) is 17.6 Å². The third kappa shape index (κ3) is 4.10. The van der Waals surface area contributed by atoms with Gasteiger partial charge in [-0.05, 0) is 49.9 Å². The second-order valence-electron chi connectivity index (χ2n) is 9.29. The minimum atomic E-state index is -1.58. The van der Waals surface area contributed by atoms with Crippen molar-refractivity contribution in [2.45, 2.75) is 43.9 Å². The molecule has 0 saturated carbocycles. The summed E-state index contributed by atoms with van der Waals surface area (Å²) in [6.07, 6.45) is 2.19. The number of fused-ring (bicyclic) bond motifs is 2. The fourth-order valence-corrected chi connectivity index (χ4v) is 5.92. The molecule has 1 fully saturated rings. The van der Waals surface area contributed by atoms with Gasteiger partial charge in [0.2, 0.25) is 0 Å². The number of carbonyl (C=O) groups excluding carboxylic acids is 1. The number of nitrogens with two attached hydrogens (primary N) is 2. The first-order valence-electron chi connectivity index (χ1n) is 11.4. The molecule has 5 rings (SSSR count). The van der Waals surface area contributed by atoms with Crippen molar-refractivity contribution in [3.63, 3.8) is 0 Å². The lowest BCUT2D eigenvalue weighted by atomic mass is 9.91. The molecule has 3 unspecified atom stereocenters. The standard InChI is InChI=1S/C24H29FN6O2S/c1-13-3-6-16-20(27)21(34-23(16)28-13)22(32)29-15-5-7-17-14(9-15)4-8-19(30-17)31-10-18(26)24(25,11-31)12-33-2/h3-4,6,8,15,18H,5,7,9-12,26-27H2,1-2H3,(H,29,32). The number of hydrogen-bond donors (Lipinski definition) is 3. The van der Waals surface area contributed by atoms with Crippen molar-refractivity contribution >= 4 is 39.0 Å². The van der Waals surface area contributed by atoms with Crippen LogP contribution in [0.15, 0.2) is 24.3 Å². The Labute approximate surface area is 201 Å². The molecular formula is C24H29FN6O2S. The Morgan fingerprint density at radius 3 is 2.97 bits per heavy atom. The Hall–Kier alpha value is -2.82. The number of pyridine rings is 2. The maximum Gasteiger partial charge on any atom is 0.263 e. The van der Waals surface area contributed by atoms with Crippen LogP contribution >= 0.6 is 11.3 Å². The highest BCUT2D eigenvalue weighted by atomic mass is 32.1. The minimum Gasteiger partial charge on any atom is -0.397 e. The van der Waals surface area contributed by atoms with Crippen molar-refractivity contribution in [2.24, 2.45) is 5.73 Å². The van der Waals surface area contributed by atoms with E-state index >= 15 is 4.39 Å². The lowest BCUT2D eigenvalue weighted by Gasteiger charge is -2.27. The summed E-state index contributed by atoms with van der Waals surface area (Å²) in [5, 5.41) is 3.95. The largest absolute Gasteiger partial charge is 0.397 e. The highest BCUT2D eigenvalue weighted by Crippen LogP contribution is 2.33. The number of hydrogen-bond acceptors (Lipinski definition) is 8. The molecule has 8 nitrogen and oxygen atoms in total. The number of aromatic nitrogens is 2. The average Bonchev–Trinajstić information content (AvgIpc) is 3.29. The van der Waals surface area contributed by atoms with E-state index < -0.39 is 11.7 Å². The van der Waals surface area contributed by atoms with Gasteiger partial charge in [0.1, 0.15) is 15.5 Å². The fraction of sp³-hybridized carbons (Fsp3) is 0.458. The van der Waals surface area contributed by atoms with Crippen LogP contribution in [0.4, 0.5) is 15.9 Å². The van der Waals surface area contributed by atoms with Gasteiger partial charge in [0, 0.05) is 36.5 Å². The van der Waals surface area contributed by atoms with Gasteiger partial charge in [-0.2, -0.15) is 0 Å². The highest BCUT2D eigenvalue weighted by molar-refractivity contribution is 7.21. The van der Waals surface area contributed by atoms with Gasteiger partial charge in [0.05, 0.1) is 24.9 Å². The molecule has 5 N–H and O–H groups in total. The molecule has 1 amide bonds. The normalized spacial score (nSPS) is 24.4. The summed E-state index contributed by atoms with van der Waals surface area (Å²) in [7, 11) is 1.48. The molecule has 0 aromatic carbocycles. The van der Waals surface area contributed by atoms with Gasteiger partial charge in [0.25, 0.3) is 5.91 Å². The molecule has 34 heavy (non-hydrogen) atoms. The molecule has 2 aliphatic rings. The van der Waals surface area contributed by atoms with Crippen molar-refractivity contribution in [2.75, 3.05) is 37.4 Å². The number of methoxy groups -OCH3 is 1. The number of halogens is 1.